The Morgan fingerprint density at radius 3 is 2.35 bits per heavy atom. The van der Waals surface area contributed by atoms with E-state index in [2.05, 4.69) is 10.8 Å². The second-order valence-electron chi connectivity index (χ2n) is 9.05. The molecule has 1 N–H and O–H groups in total. The van der Waals surface area contributed by atoms with Gasteiger partial charge in [-0.05, 0) is 80.5 Å². The highest BCUT2D eigenvalue weighted by Gasteiger charge is 2.33. The Hall–Kier alpha value is -2.89. The van der Waals surface area contributed by atoms with Crippen LogP contribution in [0, 0.1) is 32.1 Å². The predicted molar refractivity (Wildman–Crippen MR) is 131 cm³/mol. The van der Waals surface area contributed by atoms with Gasteiger partial charge in [0.15, 0.2) is 0 Å². The Morgan fingerprint density at radius 2 is 1.79 bits per heavy atom. The van der Waals surface area contributed by atoms with E-state index in [4.69, 9.17) is 10.00 Å². The highest BCUT2D eigenvalue weighted by atomic mass is 32.2. The summed E-state index contributed by atoms with van der Waals surface area (Å²) < 4.78 is 35.3. The maximum atomic E-state index is 13.6. The summed E-state index contributed by atoms with van der Waals surface area (Å²) in [5, 5.41) is 9.07. The van der Waals surface area contributed by atoms with Crippen molar-refractivity contribution in [3.05, 3.63) is 58.1 Å². The summed E-state index contributed by atoms with van der Waals surface area (Å²) in [6, 6.07) is 9.80. The molecule has 2 aromatic rings. The number of nitrogens with zero attached hydrogens (tertiary/aromatic N) is 2. The van der Waals surface area contributed by atoms with Crippen LogP contribution in [0.15, 0.2) is 35.2 Å². The fraction of sp³-hybridized carbons (Fsp3) is 0.462. The molecule has 3 rings (SSSR count). The molecule has 2 aromatic carbocycles. The zero-order valence-electron chi connectivity index (χ0n) is 20.5. The van der Waals surface area contributed by atoms with Gasteiger partial charge in [-0.2, -0.15) is 9.98 Å². The number of ether oxygens (including phenoxy) is 1. The number of methoxy groups -OCH3 is 1. The Morgan fingerprint density at radius 1 is 1.18 bits per heavy atom. The molecule has 0 saturated heterocycles. The van der Waals surface area contributed by atoms with Crippen LogP contribution in [0.2, 0.25) is 0 Å². The number of hydrogen-bond acceptors (Lipinski definition) is 5. The number of hydrogen-bond donors (Lipinski definition) is 1. The monoisotopic (exact) mass is 483 g/mol. The van der Waals surface area contributed by atoms with Crippen molar-refractivity contribution in [2.24, 2.45) is 0 Å². The zero-order chi connectivity index (χ0) is 25.0. The summed E-state index contributed by atoms with van der Waals surface area (Å²) in [5.74, 6) is 0.375. The van der Waals surface area contributed by atoms with Crippen LogP contribution in [0.1, 0.15) is 53.5 Å². The molecule has 1 aliphatic rings. The van der Waals surface area contributed by atoms with Crippen molar-refractivity contribution in [2.75, 3.05) is 14.2 Å². The second-order valence-corrected chi connectivity index (χ2v) is 10.7. The maximum absolute atomic E-state index is 13.6. The van der Waals surface area contributed by atoms with E-state index >= 15 is 0 Å². The number of nitrogens with one attached hydrogen (secondary N) is 1. The minimum atomic E-state index is -4.01. The summed E-state index contributed by atoms with van der Waals surface area (Å²) in [5.41, 5.74) is 3.18. The van der Waals surface area contributed by atoms with Crippen molar-refractivity contribution >= 4 is 15.9 Å². The SMILES string of the molecule is COc1cc(C)c(S(=O)(=O)N[C@@H](Cc2ccc(C#N)cc2)C(=O)N(C)C2CCCC2)c(C)c1C. The summed E-state index contributed by atoms with van der Waals surface area (Å²) >= 11 is 0. The van der Waals surface area contributed by atoms with Crippen LogP contribution in [0.3, 0.4) is 0 Å². The number of nitriles is 1. The molecular weight excluding hydrogens is 450 g/mol. The molecule has 1 aliphatic carbocycles. The third kappa shape index (κ3) is 5.43. The molecule has 182 valence electrons. The average Bonchev–Trinajstić information content (AvgIpc) is 3.35. The van der Waals surface area contributed by atoms with Gasteiger partial charge in [0.25, 0.3) is 0 Å². The number of sulfonamides is 1. The fourth-order valence-electron chi connectivity index (χ4n) is 4.74. The third-order valence-electron chi connectivity index (χ3n) is 6.81. The molecule has 0 aromatic heterocycles. The van der Waals surface area contributed by atoms with E-state index in [0.29, 0.717) is 22.4 Å². The molecule has 0 radical (unpaired) electrons. The van der Waals surface area contributed by atoms with Gasteiger partial charge in [-0.25, -0.2) is 8.42 Å². The topological polar surface area (TPSA) is 99.5 Å². The number of carbonyl (C=O) groups excluding carboxylic acids is 1. The third-order valence-corrected chi connectivity index (χ3v) is 8.57. The van der Waals surface area contributed by atoms with Crippen LogP contribution in [0.4, 0.5) is 0 Å². The summed E-state index contributed by atoms with van der Waals surface area (Å²) in [4.78, 5) is 15.4. The molecule has 8 heteroatoms. The number of aryl methyl sites for hydroxylation is 1. The smallest absolute Gasteiger partial charge is 0.241 e. The molecule has 7 nitrogen and oxygen atoms in total. The van der Waals surface area contributed by atoms with E-state index in [9.17, 15) is 13.2 Å². The normalized spacial score (nSPS) is 15.1. The molecule has 1 saturated carbocycles. The number of carbonyl (C=O) groups is 1. The quantitative estimate of drug-likeness (QED) is 0.616. The lowest BCUT2D eigenvalue weighted by Crippen LogP contribution is -2.51. The van der Waals surface area contributed by atoms with Crippen molar-refractivity contribution in [1.29, 1.82) is 5.26 Å². The largest absolute Gasteiger partial charge is 0.496 e. The van der Waals surface area contributed by atoms with Gasteiger partial charge in [0, 0.05) is 13.1 Å². The van der Waals surface area contributed by atoms with E-state index in [1.54, 1.807) is 63.2 Å². The van der Waals surface area contributed by atoms with Crippen molar-refractivity contribution < 1.29 is 17.9 Å². The van der Waals surface area contributed by atoms with E-state index < -0.39 is 16.1 Å². The van der Waals surface area contributed by atoms with Gasteiger partial charge < -0.3 is 9.64 Å². The molecule has 0 bridgehead atoms. The Balaban J connectivity index is 1.97. The highest BCUT2D eigenvalue weighted by Crippen LogP contribution is 2.31. The number of amides is 1. The van der Waals surface area contributed by atoms with E-state index in [0.717, 1.165) is 36.8 Å². The first-order valence-corrected chi connectivity index (χ1v) is 13.0. The molecule has 1 atom stereocenters. The van der Waals surface area contributed by atoms with Gasteiger partial charge in [0.2, 0.25) is 15.9 Å². The van der Waals surface area contributed by atoms with Crippen LogP contribution in [0.5, 0.6) is 5.75 Å². The van der Waals surface area contributed by atoms with Crippen LogP contribution in [-0.4, -0.2) is 45.5 Å². The summed E-state index contributed by atoms with van der Waals surface area (Å²) in [6.45, 7) is 5.30. The summed E-state index contributed by atoms with van der Waals surface area (Å²) in [7, 11) is -0.698. The molecule has 0 aliphatic heterocycles. The first kappa shape index (κ1) is 25.7. The predicted octanol–water partition coefficient (Wildman–Crippen LogP) is 3.78. The first-order valence-electron chi connectivity index (χ1n) is 11.5. The Bertz CT molecular complexity index is 1190. The standard InChI is InChI=1S/C26H33N3O4S/c1-17-14-24(33-5)18(2)19(3)25(17)34(31,32)28-23(15-20-10-12-21(16-27)13-11-20)26(30)29(4)22-8-6-7-9-22/h10-14,22-23,28H,6-9,15H2,1-5H3/t23-/m0/s1. The number of rotatable bonds is 8. The van der Waals surface area contributed by atoms with Crippen LogP contribution in [-0.2, 0) is 21.2 Å². The van der Waals surface area contributed by atoms with Crippen molar-refractivity contribution in [3.8, 4) is 11.8 Å². The number of benzene rings is 2. The molecule has 0 unspecified atom stereocenters. The Labute approximate surface area is 202 Å². The lowest BCUT2D eigenvalue weighted by Gasteiger charge is -2.29. The van der Waals surface area contributed by atoms with Gasteiger partial charge in [0.05, 0.1) is 23.6 Å². The molecule has 1 amide bonds. The molecule has 34 heavy (non-hydrogen) atoms. The van der Waals surface area contributed by atoms with Crippen molar-refractivity contribution in [1.82, 2.24) is 9.62 Å². The maximum Gasteiger partial charge on any atom is 0.241 e. The average molecular weight is 484 g/mol. The minimum absolute atomic E-state index is 0.118. The van der Waals surface area contributed by atoms with Crippen LogP contribution < -0.4 is 9.46 Å². The highest BCUT2D eigenvalue weighted by molar-refractivity contribution is 7.89. The first-order chi connectivity index (χ1) is 16.1. The van der Waals surface area contributed by atoms with Gasteiger partial charge >= 0.3 is 0 Å². The second kappa shape index (κ2) is 10.6. The van der Waals surface area contributed by atoms with Crippen molar-refractivity contribution in [3.63, 3.8) is 0 Å². The fourth-order valence-corrected chi connectivity index (χ4v) is 6.46. The molecular formula is C26H33N3O4S. The molecule has 0 spiro atoms. The lowest BCUT2D eigenvalue weighted by atomic mass is 10.0. The Kier molecular flexibility index (Phi) is 8.01. The van der Waals surface area contributed by atoms with Crippen LogP contribution in [0.25, 0.3) is 0 Å². The van der Waals surface area contributed by atoms with Gasteiger partial charge in [-0.1, -0.05) is 25.0 Å². The van der Waals surface area contributed by atoms with Crippen molar-refractivity contribution in [2.45, 2.75) is 69.9 Å². The van der Waals surface area contributed by atoms with E-state index in [-0.39, 0.29) is 23.3 Å². The van der Waals surface area contributed by atoms with E-state index in [1.807, 2.05) is 6.92 Å². The van der Waals surface area contributed by atoms with Gasteiger partial charge in [0.1, 0.15) is 11.8 Å². The van der Waals surface area contributed by atoms with Gasteiger partial charge in [-0.3, -0.25) is 4.79 Å². The molecule has 1 fully saturated rings. The lowest BCUT2D eigenvalue weighted by molar-refractivity contribution is -0.133. The summed E-state index contributed by atoms with van der Waals surface area (Å²) in [6.07, 6.45) is 4.17. The van der Waals surface area contributed by atoms with Gasteiger partial charge in [-0.15, -0.1) is 0 Å². The van der Waals surface area contributed by atoms with Crippen LogP contribution >= 0.6 is 0 Å². The molecule has 0 heterocycles. The minimum Gasteiger partial charge on any atom is -0.496 e. The number of likely N-dealkylation sites (N-methyl/N-ethyl adjacent to an activating group) is 1. The zero-order valence-corrected chi connectivity index (χ0v) is 21.3. The van der Waals surface area contributed by atoms with E-state index in [1.165, 1.54) is 0 Å².